The highest BCUT2D eigenvalue weighted by molar-refractivity contribution is 9.10. The molecule has 0 spiro atoms. The third-order valence-electron chi connectivity index (χ3n) is 3.47. The zero-order valence-corrected chi connectivity index (χ0v) is 12.0. The van der Waals surface area contributed by atoms with Crippen LogP contribution < -0.4 is 0 Å². The molecule has 0 atom stereocenters. The minimum absolute atomic E-state index is 0.0323. The van der Waals surface area contributed by atoms with E-state index in [2.05, 4.69) is 21.0 Å². The zero-order valence-electron chi connectivity index (χ0n) is 10.4. The molecular weight excluding hydrogens is 318 g/mol. The average Bonchev–Trinajstić information content (AvgIpc) is 2.80. The smallest absolute Gasteiger partial charge is 0.321 e. The van der Waals surface area contributed by atoms with Crippen molar-refractivity contribution in [3.8, 4) is 0 Å². The standard InChI is InChI=1S/C11H14BrN3O4/c1-19-11(16)7-2-4-8(5-3-7)14-6-9(15(17)18)10(12)13-14/h6-8H,2-5H2,1H3. The van der Waals surface area contributed by atoms with Gasteiger partial charge in [-0.15, -0.1) is 0 Å². The third kappa shape index (κ3) is 2.94. The van der Waals surface area contributed by atoms with Crippen LogP contribution in [0.2, 0.25) is 0 Å². The summed E-state index contributed by atoms with van der Waals surface area (Å²) < 4.78 is 6.59. The Bertz CT molecular complexity index is 494. The van der Waals surface area contributed by atoms with Crippen LogP contribution in [0.5, 0.6) is 0 Å². The van der Waals surface area contributed by atoms with Crippen molar-refractivity contribution < 1.29 is 14.5 Å². The Labute approximate surface area is 118 Å². The van der Waals surface area contributed by atoms with E-state index < -0.39 is 4.92 Å². The van der Waals surface area contributed by atoms with Crippen LogP contribution in [-0.4, -0.2) is 27.8 Å². The van der Waals surface area contributed by atoms with Gasteiger partial charge >= 0.3 is 11.7 Å². The van der Waals surface area contributed by atoms with Gasteiger partial charge in [0.25, 0.3) is 0 Å². The lowest BCUT2D eigenvalue weighted by Gasteiger charge is -2.26. The summed E-state index contributed by atoms with van der Waals surface area (Å²) in [4.78, 5) is 21.7. The fourth-order valence-electron chi connectivity index (χ4n) is 2.41. The second-order valence-electron chi connectivity index (χ2n) is 4.57. The summed E-state index contributed by atoms with van der Waals surface area (Å²) in [7, 11) is 1.39. The molecule has 0 amide bonds. The van der Waals surface area contributed by atoms with E-state index in [1.165, 1.54) is 13.3 Å². The Balaban J connectivity index is 2.04. The second kappa shape index (κ2) is 5.68. The molecule has 0 N–H and O–H groups in total. The van der Waals surface area contributed by atoms with Crippen molar-refractivity contribution in [2.75, 3.05) is 7.11 Å². The summed E-state index contributed by atoms with van der Waals surface area (Å²) in [6, 6.07) is 0.103. The summed E-state index contributed by atoms with van der Waals surface area (Å²) in [5, 5.41) is 14.9. The molecule has 1 aromatic heterocycles. The number of aromatic nitrogens is 2. The number of carbonyl (C=O) groups is 1. The molecule has 1 aliphatic carbocycles. The first-order chi connectivity index (χ1) is 9.02. The summed E-state index contributed by atoms with van der Waals surface area (Å²) >= 11 is 3.08. The SMILES string of the molecule is COC(=O)C1CCC(n2cc([N+](=O)[O-])c(Br)n2)CC1. The number of ether oxygens (including phenoxy) is 1. The van der Waals surface area contributed by atoms with Crippen LogP contribution in [0.25, 0.3) is 0 Å². The van der Waals surface area contributed by atoms with E-state index in [-0.39, 0.29) is 28.2 Å². The zero-order chi connectivity index (χ0) is 14.0. The number of esters is 1. The van der Waals surface area contributed by atoms with Crippen molar-refractivity contribution >= 4 is 27.6 Å². The number of rotatable bonds is 3. The summed E-state index contributed by atoms with van der Waals surface area (Å²) in [6.07, 6.45) is 4.43. The maximum Gasteiger partial charge on any atom is 0.321 e. The Morgan fingerprint density at radius 3 is 2.63 bits per heavy atom. The Morgan fingerprint density at radius 1 is 1.53 bits per heavy atom. The van der Waals surface area contributed by atoms with E-state index in [1.54, 1.807) is 4.68 Å². The van der Waals surface area contributed by atoms with Crippen molar-refractivity contribution in [3.63, 3.8) is 0 Å². The van der Waals surface area contributed by atoms with Crippen LogP contribution in [0.3, 0.4) is 0 Å². The molecule has 0 radical (unpaired) electrons. The lowest BCUT2D eigenvalue weighted by Crippen LogP contribution is -2.24. The lowest BCUT2D eigenvalue weighted by atomic mass is 9.86. The molecule has 1 aromatic rings. The van der Waals surface area contributed by atoms with Crippen molar-refractivity contribution in [2.24, 2.45) is 5.92 Å². The fraction of sp³-hybridized carbons (Fsp3) is 0.636. The lowest BCUT2D eigenvalue weighted by molar-refractivity contribution is -0.385. The Morgan fingerprint density at radius 2 is 2.16 bits per heavy atom. The molecule has 1 aliphatic rings. The van der Waals surface area contributed by atoms with Gasteiger partial charge in [0.2, 0.25) is 4.60 Å². The predicted octanol–water partition coefficient (Wildman–Crippen LogP) is 2.46. The van der Waals surface area contributed by atoms with Crippen LogP contribution >= 0.6 is 15.9 Å². The van der Waals surface area contributed by atoms with Crippen LogP contribution in [0, 0.1) is 16.0 Å². The summed E-state index contributed by atoms with van der Waals surface area (Å²) in [6.45, 7) is 0. The molecule has 104 valence electrons. The molecule has 1 heterocycles. The van der Waals surface area contributed by atoms with Gasteiger partial charge in [-0.25, -0.2) is 0 Å². The fourth-order valence-corrected chi connectivity index (χ4v) is 2.84. The molecule has 2 rings (SSSR count). The third-order valence-corrected chi connectivity index (χ3v) is 4.04. The van der Waals surface area contributed by atoms with Crippen molar-refractivity contribution in [1.82, 2.24) is 9.78 Å². The van der Waals surface area contributed by atoms with Crippen molar-refractivity contribution in [2.45, 2.75) is 31.7 Å². The molecule has 0 saturated heterocycles. The molecule has 1 fully saturated rings. The molecule has 1 saturated carbocycles. The number of hydrogen-bond donors (Lipinski definition) is 0. The first-order valence-corrected chi connectivity index (χ1v) is 6.79. The normalized spacial score (nSPS) is 23.1. The highest BCUT2D eigenvalue weighted by Crippen LogP contribution is 2.34. The highest BCUT2D eigenvalue weighted by Gasteiger charge is 2.29. The molecule has 8 heteroatoms. The first kappa shape index (κ1) is 14.0. The van der Waals surface area contributed by atoms with Gasteiger partial charge in [0.15, 0.2) is 0 Å². The van der Waals surface area contributed by atoms with Crippen LogP contribution in [0.4, 0.5) is 5.69 Å². The van der Waals surface area contributed by atoms with Crippen LogP contribution in [-0.2, 0) is 9.53 Å². The van der Waals surface area contributed by atoms with Gasteiger partial charge in [0.1, 0.15) is 6.20 Å². The summed E-state index contributed by atoms with van der Waals surface area (Å²) in [5.74, 6) is -0.235. The first-order valence-electron chi connectivity index (χ1n) is 5.99. The van der Waals surface area contributed by atoms with Gasteiger partial charge in [-0.3, -0.25) is 19.6 Å². The number of nitro groups is 1. The number of carbonyl (C=O) groups excluding carboxylic acids is 1. The molecule has 7 nitrogen and oxygen atoms in total. The maximum atomic E-state index is 11.4. The summed E-state index contributed by atoms with van der Waals surface area (Å²) in [5.41, 5.74) is -0.0323. The van der Waals surface area contributed by atoms with E-state index in [4.69, 9.17) is 4.74 Å². The van der Waals surface area contributed by atoms with E-state index in [9.17, 15) is 14.9 Å². The van der Waals surface area contributed by atoms with Gasteiger partial charge in [0, 0.05) is 0 Å². The van der Waals surface area contributed by atoms with Gasteiger partial charge < -0.3 is 4.74 Å². The second-order valence-corrected chi connectivity index (χ2v) is 5.32. The maximum absolute atomic E-state index is 11.4. The van der Waals surface area contributed by atoms with Gasteiger partial charge in [-0.2, -0.15) is 5.10 Å². The van der Waals surface area contributed by atoms with E-state index in [1.807, 2.05) is 0 Å². The van der Waals surface area contributed by atoms with Crippen LogP contribution in [0.15, 0.2) is 10.8 Å². The average molecular weight is 332 g/mol. The van der Waals surface area contributed by atoms with Crippen LogP contribution in [0.1, 0.15) is 31.7 Å². The number of methoxy groups -OCH3 is 1. The van der Waals surface area contributed by atoms with E-state index in [0.717, 1.165) is 25.7 Å². The van der Waals surface area contributed by atoms with Crippen molar-refractivity contribution in [3.05, 3.63) is 20.9 Å². The molecule has 0 bridgehead atoms. The number of halogens is 1. The minimum atomic E-state index is -0.465. The molecule has 0 aromatic carbocycles. The van der Waals surface area contributed by atoms with Gasteiger partial charge in [0.05, 0.1) is 24.0 Å². The molecule has 0 aliphatic heterocycles. The Kier molecular flexibility index (Phi) is 4.18. The number of nitrogens with zero attached hydrogens (tertiary/aromatic N) is 3. The Hall–Kier alpha value is -1.44. The quantitative estimate of drug-likeness (QED) is 0.482. The largest absolute Gasteiger partial charge is 0.469 e. The number of hydrogen-bond acceptors (Lipinski definition) is 5. The predicted molar refractivity (Wildman–Crippen MR) is 69.6 cm³/mol. The van der Waals surface area contributed by atoms with Gasteiger partial charge in [-0.05, 0) is 41.6 Å². The monoisotopic (exact) mass is 331 g/mol. The topological polar surface area (TPSA) is 87.3 Å². The molecular formula is C11H14BrN3O4. The van der Waals surface area contributed by atoms with E-state index >= 15 is 0 Å². The minimum Gasteiger partial charge on any atom is -0.469 e. The van der Waals surface area contributed by atoms with E-state index in [0.29, 0.717) is 0 Å². The highest BCUT2D eigenvalue weighted by atomic mass is 79.9. The van der Waals surface area contributed by atoms with Crippen molar-refractivity contribution in [1.29, 1.82) is 0 Å². The molecule has 0 unspecified atom stereocenters. The van der Waals surface area contributed by atoms with Gasteiger partial charge in [-0.1, -0.05) is 0 Å². The molecule has 19 heavy (non-hydrogen) atoms.